The van der Waals surface area contributed by atoms with Gasteiger partial charge in [-0.1, -0.05) is 0 Å². The van der Waals surface area contributed by atoms with Crippen LogP contribution in [-0.2, 0) is 0 Å². The fourth-order valence-electron chi connectivity index (χ4n) is 3.08. The molecule has 1 rings (SSSR count). The summed E-state index contributed by atoms with van der Waals surface area (Å²) < 4.78 is 341. The largest absolute Gasteiger partial charge is 0.460 e. The Balaban J connectivity index is 3.05. The topological polar surface area (TPSA) is 6.48 Å². The standard InChI is InChI=1S/C19H10F26N2/c20-8(21,10(24,25)12(28,29)14(32,33)16(36,37)18(40,41)42)1-3-46-5-6-47(7-46)4-2-9(22,23)11(26,27)13(30,31)15(34,35)17(38,39)19(43,44)45/h5-6H,1-4H2. The zero-order valence-corrected chi connectivity index (χ0v) is 21.2. The van der Waals surface area contributed by atoms with E-state index in [1.165, 1.54) is 6.67 Å². The molecule has 1 aliphatic heterocycles. The zero-order chi connectivity index (χ0) is 38.1. The average molecular weight is 760 g/mol. The van der Waals surface area contributed by atoms with Gasteiger partial charge in [-0.15, -0.1) is 0 Å². The van der Waals surface area contributed by atoms with E-state index in [4.69, 9.17) is 0 Å². The highest BCUT2D eigenvalue weighted by molar-refractivity contribution is 5.12. The van der Waals surface area contributed by atoms with Gasteiger partial charge in [-0.3, -0.25) is 0 Å². The fraction of sp³-hybridized carbons (Fsp3) is 0.842. The van der Waals surface area contributed by atoms with Crippen LogP contribution < -0.4 is 0 Å². The van der Waals surface area contributed by atoms with Crippen LogP contribution in [0.4, 0.5) is 114 Å². The number of nitrogens with zero attached hydrogens (tertiary/aromatic N) is 2. The molecule has 0 saturated heterocycles. The van der Waals surface area contributed by atoms with Crippen molar-refractivity contribution in [2.24, 2.45) is 0 Å². The van der Waals surface area contributed by atoms with Crippen LogP contribution in [0.5, 0.6) is 0 Å². The highest BCUT2D eigenvalue weighted by Crippen LogP contribution is 2.62. The van der Waals surface area contributed by atoms with Gasteiger partial charge in [0.2, 0.25) is 6.67 Å². The maximum Gasteiger partial charge on any atom is 0.460 e. The predicted octanol–water partition coefficient (Wildman–Crippen LogP) is 9.33. The van der Waals surface area contributed by atoms with Gasteiger partial charge in [0.15, 0.2) is 0 Å². The van der Waals surface area contributed by atoms with Crippen molar-refractivity contribution in [3.8, 4) is 0 Å². The second kappa shape index (κ2) is 11.6. The summed E-state index contributed by atoms with van der Waals surface area (Å²) in [4.78, 5) is -0.374. The molecular weight excluding hydrogens is 750 g/mol. The molecule has 0 N–H and O–H groups in total. The molecule has 0 aromatic heterocycles. The lowest BCUT2D eigenvalue weighted by atomic mass is 9.92. The Morgan fingerprint density at radius 3 is 0.745 bits per heavy atom. The van der Waals surface area contributed by atoms with Crippen molar-refractivity contribution in [1.82, 2.24) is 9.80 Å². The van der Waals surface area contributed by atoms with E-state index in [1.54, 1.807) is 0 Å². The van der Waals surface area contributed by atoms with E-state index in [9.17, 15) is 114 Å². The number of alkyl halides is 26. The van der Waals surface area contributed by atoms with E-state index in [0.717, 1.165) is 0 Å². The van der Waals surface area contributed by atoms with Gasteiger partial charge in [-0.2, -0.15) is 114 Å². The molecule has 1 heterocycles. The van der Waals surface area contributed by atoms with Crippen molar-refractivity contribution in [3.63, 3.8) is 0 Å². The van der Waals surface area contributed by atoms with Crippen LogP contribution in [0.3, 0.4) is 0 Å². The molecular formula is C19H10F26N2. The Hall–Kier alpha value is -2.48. The van der Waals surface area contributed by atoms with E-state index >= 15 is 0 Å². The summed E-state index contributed by atoms with van der Waals surface area (Å²) >= 11 is 0. The molecule has 2 radical (unpaired) electrons. The van der Waals surface area contributed by atoms with Gasteiger partial charge in [-0.05, 0) is 0 Å². The number of rotatable bonds is 14. The first-order chi connectivity index (χ1) is 20.2. The summed E-state index contributed by atoms with van der Waals surface area (Å²) in [6.45, 7) is -2.60. The highest BCUT2D eigenvalue weighted by atomic mass is 19.4. The third-order valence-electron chi connectivity index (χ3n) is 6.01. The van der Waals surface area contributed by atoms with Crippen molar-refractivity contribution >= 4 is 0 Å². The van der Waals surface area contributed by atoms with Crippen molar-refractivity contribution in [2.75, 3.05) is 13.1 Å². The maximum absolute atomic E-state index is 13.8. The molecule has 0 spiro atoms. The van der Waals surface area contributed by atoms with Crippen molar-refractivity contribution < 1.29 is 114 Å². The Bertz CT molecular complexity index is 1040. The van der Waals surface area contributed by atoms with Gasteiger partial charge in [-0.25, -0.2) is 0 Å². The molecule has 0 aromatic carbocycles. The van der Waals surface area contributed by atoms with Crippen LogP contribution in [0.1, 0.15) is 12.8 Å². The Morgan fingerprint density at radius 1 is 0.319 bits per heavy atom. The Kier molecular flexibility index (Phi) is 10.5. The monoisotopic (exact) mass is 760 g/mol. The third kappa shape index (κ3) is 6.37. The summed E-state index contributed by atoms with van der Waals surface area (Å²) in [6.07, 6.45) is -20.9. The zero-order valence-electron chi connectivity index (χ0n) is 21.2. The number of hydrogen-bond donors (Lipinski definition) is 0. The minimum Gasteiger partial charge on any atom is -0.346 e. The molecule has 28 heteroatoms. The molecule has 1 aliphatic rings. The van der Waals surface area contributed by atoms with Crippen LogP contribution in [-0.4, -0.2) is 94.5 Å². The summed E-state index contributed by atoms with van der Waals surface area (Å²) in [7, 11) is 0. The van der Waals surface area contributed by atoms with E-state index < -0.39 is 97.5 Å². The molecule has 0 bridgehead atoms. The molecule has 0 aliphatic carbocycles. The highest BCUT2D eigenvalue weighted by Gasteiger charge is 2.92. The van der Waals surface area contributed by atoms with Crippen molar-refractivity contribution in [1.29, 1.82) is 0 Å². The van der Waals surface area contributed by atoms with Crippen LogP contribution >= 0.6 is 0 Å². The van der Waals surface area contributed by atoms with E-state index in [-0.39, 0.29) is 22.2 Å². The molecule has 278 valence electrons. The van der Waals surface area contributed by atoms with E-state index in [0.29, 0.717) is 0 Å². The van der Waals surface area contributed by atoms with Gasteiger partial charge >= 0.3 is 71.6 Å². The smallest absolute Gasteiger partial charge is 0.346 e. The average Bonchev–Trinajstić information content (AvgIpc) is 3.32. The molecule has 0 saturated carbocycles. The second-order valence-corrected chi connectivity index (χ2v) is 9.28. The Morgan fingerprint density at radius 2 is 0.532 bits per heavy atom. The number of halogens is 26. The third-order valence-corrected chi connectivity index (χ3v) is 6.01. The number of hydrogen-bond acceptors (Lipinski definition) is 2. The normalized spacial score (nSPS) is 17.7. The first-order valence-electron chi connectivity index (χ1n) is 11.1. The molecule has 0 amide bonds. The Labute approximate surface area is 241 Å². The lowest BCUT2D eigenvalue weighted by Crippen LogP contribution is -2.70. The first-order valence-corrected chi connectivity index (χ1v) is 11.1. The summed E-state index contributed by atoms with van der Waals surface area (Å²) in [5.74, 6) is -77.6. The first kappa shape index (κ1) is 42.5. The van der Waals surface area contributed by atoms with Gasteiger partial charge in [0.05, 0.1) is 0 Å². The van der Waals surface area contributed by atoms with Gasteiger partial charge in [0.1, 0.15) is 0 Å². The minimum atomic E-state index is -8.23. The molecule has 0 aromatic rings. The maximum atomic E-state index is 13.8. The summed E-state index contributed by atoms with van der Waals surface area (Å²) in [5, 5.41) is 0. The van der Waals surface area contributed by atoms with E-state index in [1.807, 2.05) is 0 Å². The van der Waals surface area contributed by atoms with Crippen LogP contribution in [0.15, 0.2) is 12.4 Å². The lowest BCUT2D eigenvalue weighted by molar-refractivity contribution is -0.440. The quantitative estimate of drug-likeness (QED) is 0.163. The fourth-order valence-corrected chi connectivity index (χ4v) is 3.08. The molecule has 0 fully saturated rings. The van der Waals surface area contributed by atoms with Crippen molar-refractivity contribution in [3.05, 3.63) is 19.1 Å². The lowest BCUT2D eigenvalue weighted by Gasteiger charge is -2.40. The SMILES string of the molecule is FC(F)(F)C(F)(F)C(F)(F)C(F)(F)C(F)(F)C(F)(F)CCN1[C]N(CCC(F)(F)C(F)(F)C(F)(F)C(F)(F)C(F)(F)C(F)(F)F)C=C1. The molecule has 0 unspecified atom stereocenters. The van der Waals surface area contributed by atoms with Crippen LogP contribution in [0.25, 0.3) is 0 Å². The van der Waals surface area contributed by atoms with Crippen LogP contribution in [0, 0.1) is 6.67 Å². The van der Waals surface area contributed by atoms with Gasteiger partial charge in [0, 0.05) is 38.3 Å². The second-order valence-electron chi connectivity index (χ2n) is 9.28. The molecule has 47 heavy (non-hydrogen) atoms. The summed E-state index contributed by atoms with van der Waals surface area (Å²) in [5.41, 5.74) is 0. The molecule has 0 atom stereocenters. The van der Waals surface area contributed by atoms with Gasteiger partial charge < -0.3 is 9.80 Å². The molecule has 2 nitrogen and oxygen atoms in total. The van der Waals surface area contributed by atoms with E-state index in [2.05, 4.69) is 0 Å². The van der Waals surface area contributed by atoms with Crippen molar-refractivity contribution in [2.45, 2.75) is 84.4 Å². The van der Waals surface area contributed by atoms with Gasteiger partial charge in [0.25, 0.3) is 0 Å². The predicted molar refractivity (Wildman–Crippen MR) is 96.6 cm³/mol. The minimum absolute atomic E-state index is 0.141. The van der Waals surface area contributed by atoms with Crippen LogP contribution in [0.2, 0.25) is 0 Å². The summed E-state index contributed by atoms with van der Waals surface area (Å²) in [6, 6.07) is 0.